The lowest BCUT2D eigenvalue weighted by Gasteiger charge is -2.19. The molecule has 0 heterocycles. The van der Waals surface area contributed by atoms with Crippen LogP contribution in [0.25, 0.3) is 0 Å². The van der Waals surface area contributed by atoms with Crippen LogP contribution in [0.1, 0.15) is 5.56 Å². The number of hydrogen-bond donors (Lipinski definition) is 1. The van der Waals surface area contributed by atoms with E-state index in [1.165, 1.54) is 28.6 Å². The highest BCUT2D eigenvalue weighted by atomic mass is 35.5. The molecule has 2 N–H and O–H groups in total. The molecule has 1 rings (SSSR count). The number of aryl methyl sites for hydroxylation is 1. The first-order chi connectivity index (χ1) is 8.84. The predicted molar refractivity (Wildman–Crippen MR) is 79.8 cm³/mol. The van der Waals surface area contributed by atoms with Crippen molar-refractivity contribution >= 4 is 27.3 Å². The first-order valence-corrected chi connectivity index (χ1v) is 7.44. The Bertz CT molecular complexity index is 564. The number of hydrogen-bond acceptors (Lipinski definition) is 3. The van der Waals surface area contributed by atoms with Gasteiger partial charge in [0.05, 0.1) is 15.6 Å². The first kappa shape index (κ1) is 15.8. The summed E-state index contributed by atoms with van der Waals surface area (Å²) in [5.74, 6) is 0. The molecule has 0 fully saturated rings. The Morgan fingerprint density at radius 3 is 2.26 bits per heavy atom. The van der Waals surface area contributed by atoms with E-state index >= 15 is 0 Å². The average Bonchev–Trinajstić information content (AvgIpc) is 2.35. The van der Waals surface area contributed by atoms with E-state index in [-0.39, 0.29) is 23.7 Å². The molecule has 6 heteroatoms. The van der Waals surface area contributed by atoms with Crippen molar-refractivity contribution in [2.45, 2.75) is 11.8 Å². The molecule has 0 aromatic heterocycles. The number of sulfonamides is 1. The van der Waals surface area contributed by atoms with E-state index in [0.717, 1.165) is 0 Å². The van der Waals surface area contributed by atoms with Crippen molar-refractivity contribution in [1.82, 2.24) is 4.31 Å². The van der Waals surface area contributed by atoms with Crippen molar-refractivity contribution in [2.75, 3.05) is 18.8 Å². The van der Waals surface area contributed by atoms with Gasteiger partial charge in [0.1, 0.15) is 0 Å². The molecule has 4 nitrogen and oxygen atoms in total. The molecule has 0 spiro atoms. The molecular weight excluding hydrogens is 284 g/mol. The van der Waals surface area contributed by atoms with E-state index in [9.17, 15) is 8.42 Å². The van der Waals surface area contributed by atoms with Crippen LogP contribution in [0.5, 0.6) is 0 Å². The zero-order chi connectivity index (χ0) is 14.6. The summed E-state index contributed by atoms with van der Waals surface area (Å²) in [6.07, 6.45) is 3.04. The molecule has 0 saturated carbocycles. The molecule has 19 heavy (non-hydrogen) atoms. The second-order valence-corrected chi connectivity index (χ2v) is 6.36. The van der Waals surface area contributed by atoms with Crippen molar-refractivity contribution in [1.29, 1.82) is 0 Å². The third-order valence-electron chi connectivity index (χ3n) is 2.56. The predicted octanol–water partition coefficient (Wildman–Crippen LogP) is 2.59. The molecule has 1 aromatic carbocycles. The van der Waals surface area contributed by atoms with Crippen LogP contribution in [0.4, 0.5) is 5.69 Å². The maximum atomic E-state index is 12.5. The molecular formula is C13H17ClN2O2S. The third kappa shape index (κ3) is 3.37. The minimum absolute atomic E-state index is 0.121. The Morgan fingerprint density at radius 1 is 1.32 bits per heavy atom. The van der Waals surface area contributed by atoms with E-state index < -0.39 is 10.0 Å². The van der Waals surface area contributed by atoms with Crippen LogP contribution in [0.15, 0.2) is 42.3 Å². The lowest BCUT2D eigenvalue weighted by atomic mass is 10.2. The second-order valence-electron chi connectivity index (χ2n) is 4.04. The van der Waals surface area contributed by atoms with E-state index in [1.54, 1.807) is 6.92 Å². The minimum atomic E-state index is -3.63. The lowest BCUT2D eigenvalue weighted by Crippen LogP contribution is -2.31. The van der Waals surface area contributed by atoms with Gasteiger partial charge in [0.15, 0.2) is 0 Å². The third-order valence-corrected chi connectivity index (χ3v) is 4.89. The molecule has 0 saturated heterocycles. The van der Waals surface area contributed by atoms with E-state index in [0.29, 0.717) is 10.6 Å². The Labute approximate surface area is 119 Å². The maximum absolute atomic E-state index is 12.5. The van der Waals surface area contributed by atoms with Gasteiger partial charge in [0.25, 0.3) is 0 Å². The smallest absolute Gasteiger partial charge is 0.243 e. The fraction of sp³-hybridized carbons (Fsp3) is 0.231. The normalized spacial score (nSPS) is 11.5. The Morgan fingerprint density at radius 2 is 1.84 bits per heavy atom. The first-order valence-electron chi connectivity index (χ1n) is 5.62. The summed E-state index contributed by atoms with van der Waals surface area (Å²) in [6.45, 7) is 9.23. The second kappa shape index (κ2) is 6.23. The summed E-state index contributed by atoms with van der Waals surface area (Å²) in [6, 6.07) is 2.87. The van der Waals surface area contributed by atoms with Gasteiger partial charge < -0.3 is 5.73 Å². The summed E-state index contributed by atoms with van der Waals surface area (Å²) >= 11 is 5.94. The summed E-state index contributed by atoms with van der Waals surface area (Å²) in [7, 11) is -3.63. The van der Waals surface area contributed by atoms with Crippen molar-refractivity contribution in [2.24, 2.45) is 0 Å². The number of halogens is 1. The largest absolute Gasteiger partial charge is 0.397 e. The molecule has 0 aliphatic heterocycles. The van der Waals surface area contributed by atoms with Crippen LogP contribution in [-0.4, -0.2) is 25.8 Å². The minimum Gasteiger partial charge on any atom is -0.397 e. The van der Waals surface area contributed by atoms with E-state index in [2.05, 4.69) is 13.2 Å². The van der Waals surface area contributed by atoms with Crippen molar-refractivity contribution in [3.8, 4) is 0 Å². The fourth-order valence-corrected chi connectivity index (χ4v) is 3.23. The summed E-state index contributed by atoms with van der Waals surface area (Å²) in [5.41, 5.74) is 6.58. The van der Waals surface area contributed by atoms with Crippen molar-refractivity contribution in [3.05, 3.63) is 48.0 Å². The number of anilines is 1. The Hall–Kier alpha value is -1.30. The molecule has 0 atom stereocenters. The van der Waals surface area contributed by atoms with Crippen LogP contribution in [0.3, 0.4) is 0 Å². The highest BCUT2D eigenvalue weighted by Gasteiger charge is 2.23. The topological polar surface area (TPSA) is 63.4 Å². The summed E-state index contributed by atoms with van der Waals surface area (Å²) in [4.78, 5) is 0.121. The molecule has 104 valence electrons. The van der Waals surface area contributed by atoms with Crippen molar-refractivity contribution < 1.29 is 8.42 Å². The highest BCUT2D eigenvalue weighted by Crippen LogP contribution is 2.28. The molecule has 1 aromatic rings. The van der Waals surface area contributed by atoms with Crippen molar-refractivity contribution in [3.63, 3.8) is 0 Å². The number of rotatable bonds is 6. The number of nitrogen functional groups attached to an aromatic ring is 1. The zero-order valence-electron chi connectivity index (χ0n) is 10.8. The average molecular weight is 301 g/mol. The van der Waals surface area contributed by atoms with E-state index in [4.69, 9.17) is 17.3 Å². The van der Waals surface area contributed by atoms with Gasteiger partial charge in [-0.05, 0) is 24.6 Å². The van der Waals surface area contributed by atoms with Crippen LogP contribution in [0.2, 0.25) is 5.02 Å². The van der Waals surface area contributed by atoms with Gasteiger partial charge in [0.2, 0.25) is 10.0 Å². The molecule has 0 aliphatic carbocycles. The lowest BCUT2D eigenvalue weighted by molar-refractivity contribution is 0.474. The van der Waals surface area contributed by atoms with Gasteiger partial charge in [-0.25, -0.2) is 8.42 Å². The molecule has 0 aliphatic rings. The van der Waals surface area contributed by atoms with Gasteiger partial charge in [0, 0.05) is 13.1 Å². The van der Waals surface area contributed by atoms with Gasteiger partial charge >= 0.3 is 0 Å². The monoisotopic (exact) mass is 300 g/mol. The van der Waals surface area contributed by atoms with Crippen LogP contribution < -0.4 is 5.73 Å². The quantitative estimate of drug-likeness (QED) is 0.649. The summed E-state index contributed by atoms with van der Waals surface area (Å²) < 4.78 is 26.2. The molecule has 0 radical (unpaired) electrons. The number of benzene rings is 1. The van der Waals surface area contributed by atoms with Crippen LogP contribution >= 0.6 is 11.6 Å². The maximum Gasteiger partial charge on any atom is 0.243 e. The number of nitrogens with two attached hydrogens (primary N) is 1. The highest BCUT2D eigenvalue weighted by molar-refractivity contribution is 7.89. The number of nitrogens with zero attached hydrogens (tertiary/aromatic N) is 1. The van der Waals surface area contributed by atoms with Crippen LogP contribution in [-0.2, 0) is 10.0 Å². The fourth-order valence-electron chi connectivity index (χ4n) is 1.62. The molecule has 0 bridgehead atoms. The Balaban J connectivity index is 3.32. The standard InChI is InChI=1S/C13H17ClN2O2S/c1-4-6-16(7-5-2)19(17,18)11-8-10(3)13(14)12(15)9-11/h4-5,8-9H,1-2,6-7,15H2,3H3. The summed E-state index contributed by atoms with van der Waals surface area (Å²) in [5, 5.41) is 0.373. The van der Waals surface area contributed by atoms with Gasteiger partial charge in [-0.3, -0.25) is 0 Å². The van der Waals surface area contributed by atoms with Gasteiger partial charge in [-0.1, -0.05) is 23.8 Å². The van der Waals surface area contributed by atoms with Gasteiger partial charge in [-0.2, -0.15) is 4.31 Å². The van der Waals surface area contributed by atoms with Gasteiger partial charge in [-0.15, -0.1) is 13.2 Å². The molecule has 0 unspecified atom stereocenters. The van der Waals surface area contributed by atoms with E-state index in [1.807, 2.05) is 0 Å². The van der Waals surface area contributed by atoms with Crippen LogP contribution in [0, 0.1) is 6.92 Å². The zero-order valence-corrected chi connectivity index (χ0v) is 12.3. The molecule has 0 amide bonds. The SMILES string of the molecule is C=CCN(CC=C)S(=O)(=O)c1cc(C)c(Cl)c(N)c1. The Kier molecular flexibility index (Phi) is 5.17.